The molecule has 2 rings (SSSR count). The van der Waals surface area contributed by atoms with Gasteiger partial charge in [-0.15, -0.1) is 11.3 Å². The summed E-state index contributed by atoms with van der Waals surface area (Å²) in [4.78, 5) is 15.8. The number of nitrogens with one attached hydrogen (secondary N) is 1. The lowest BCUT2D eigenvalue weighted by atomic mass is 10.0. The molecule has 1 aliphatic heterocycles. The molecule has 1 aromatic heterocycles. The maximum absolute atomic E-state index is 12.6. The molecule has 1 aromatic rings. The number of rotatable bonds is 7. The highest BCUT2D eigenvalue weighted by Crippen LogP contribution is 2.30. The molecule has 0 aromatic carbocycles. The Kier molecular flexibility index (Phi) is 5.79. The summed E-state index contributed by atoms with van der Waals surface area (Å²) in [5, 5.41) is 5.55. The summed E-state index contributed by atoms with van der Waals surface area (Å²) in [5.74, 6) is 0.705. The third-order valence-corrected chi connectivity index (χ3v) is 4.48. The number of thiophene rings is 1. The first-order valence-electron chi connectivity index (χ1n) is 7.70. The molecule has 0 saturated carbocycles. The minimum Gasteiger partial charge on any atom is -0.377 e. The van der Waals surface area contributed by atoms with Crippen molar-refractivity contribution in [2.75, 3.05) is 13.2 Å². The second kappa shape index (κ2) is 7.38. The molecule has 0 bridgehead atoms. The molecule has 1 amide bonds. The first kappa shape index (κ1) is 16.5. The van der Waals surface area contributed by atoms with E-state index >= 15 is 0 Å². The van der Waals surface area contributed by atoms with E-state index in [-0.39, 0.29) is 24.2 Å². The fraction of sp³-hybridized carbons (Fsp3) is 0.688. The zero-order chi connectivity index (χ0) is 15.4. The van der Waals surface area contributed by atoms with Gasteiger partial charge < -0.3 is 9.64 Å². The Labute approximate surface area is 131 Å². The molecule has 1 aliphatic rings. The number of carbonyl (C=O) groups is 1. The predicted molar refractivity (Wildman–Crippen MR) is 86.2 cm³/mol. The molecule has 1 fully saturated rings. The molecule has 4 nitrogen and oxygen atoms in total. The smallest absolute Gasteiger partial charge is 0.241 e. The van der Waals surface area contributed by atoms with Crippen LogP contribution in [0.5, 0.6) is 0 Å². The van der Waals surface area contributed by atoms with Gasteiger partial charge in [0.2, 0.25) is 5.91 Å². The fourth-order valence-electron chi connectivity index (χ4n) is 2.63. The van der Waals surface area contributed by atoms with Gasteiger partial charge in [-0.25, -0.2) is 0 Å². The van der Waals surface area contributed by atoms with Crippen LogP contribution < -0.4 is 5.32 Å². The van der Waals surface area contributed by atoms with E-state index in [9.17, 15) is 4.79 Å². The van der Waals surface area contributed by atoms with E-state index in [0.717, 1.165) is 6.42 Å². The second-order valence-electron chi connectivity index (χ2n) is 6.22. The van der Waals surface area contributed by atoms with Crippen LogP contribution in [0.25, 0.3) is 0 Å². The van der Waals surface area contributed by atoms with Crippen molar-refractivity contribution < 1.29 is 9.53 Å². The highest BCUT2D eigenvalue weighted by Gasteiger charge is 2.39. The Morgan fingerprint density at radius 2 is 2.14 bits per heavy atom. The third kappa shape index (κ3) is 4.28. The third-order valence-electron chi connectivity index (χ3n) is 3.56. The van der Waals surface area contributed by atoms with E-state index in [1.165, 1.54) is 4.88 Å². The molecule has 0 spiro atoms. The largest absolute Gasteiger partial charge is 0.377 e. The molecule has 1 saturated heterocycles. The molecule has 1 N–H and O–H groups in total. The molecule has 5 heteroatoms. The van der Waals surface area contributed by atoms with Crippen LogP contribution in [0.3, 0.4) is 0 Å². The average molecular weight is 310 g/mol. The Hall–Kier alpha value is -0.910. The number of hydrogen-bond acceptors (Lipinski definition) is 4. The van der Waals surface area contributed by atoms with Gasteiger partial charge in [0.15, 0.2) is 0 Å². The number of hydrogen-bond donors (Lipinski definition) is 1. The topological polar surface area (TPSA) is 41.6 Å². The van der Waals surface area contributed by atoms with Crippen LogP contribution in [-0.4, -0.2) is 36.1 Å². The van der Waals surface area contributed by atoms with E-state index in [4.69, 9.17) is 4.74 Å². The Morgan fingerprint density at radius 1 is 1.38 bits per heavy atom. The summed E-state index contributed by atoms with van der Waals surface area (Å²) >= 11 is 1.69. The Morgan fingerprint density at radius 3 is 2.71 bits per heavy atom. The van der Waals surface area contributed by atoms with E-state index in [2.05, 4.69) is 30.6 Å². The lowest BCUT2D eigenvalue weighted by Crippen LogP contribution is -2.34. The zero-order valence-electron chi connectivity index (χ0n) is 13.3. The quantitative estimate of drug-likeness (QED) is 0.842. The molecule has 0 aliphatic carbocycles. The van der Waals surface area contributed by atoms with Gasteiger partial charge in [-0.05, 0) is 37.6 Å². The highest BCUT2D eigenvalue weighted by molar-refractivity contribution is 7.10. The van der Waals surface area contributed by atoms with Crippen LogP contribution in [0, 0.1) is 5.92 Å². The van der Waals surface area contributed by atoms with Crippen molar-refractivity contribution in [1.29, 1.82) is 0 Å². The number of nitrogens with zero attached hydrogens (tertiary/aromatic N) is 1. The Balaban J connectivity index is 2.06. The SMILES string of the molecule is CC(C)CC1NC(c2cccs2)N(CCOC(C)C)C1=O. The summed E-state index contributed by atoms with van der Waals surface area (Å²) in [6.07, 6.45) is 1.07. The first-order chi connectivity index (χ1) is 9.99. The number of carbonyl (C=O) groups excluding carboxylic acids is 1. The van der Waals surface area contributed by atoms with Gasteiger partial charge >= 0.3 is 0 Å². The molecule has 2 atom stereocenters. The van der Waals surface area contributed by atoms with Crippen LogP contribution >= 0.6 is 11.3 Å². The number of ether oxygens (including phenoxy) is 1. The van der Waals surface area contributed by atoms with Crippen LogP contribution in [0.15, 0.2) is 17.5 Å². The summed E-state index contributed by atoms with van der Waals surface area (Å²) in [6.45, 7) is 9.56. The maximum atomic E-state index is 12.6. The van der Waals surface area contributed by atoms with Crippen LogP contribution in [0.2, 0.25) is 0 Å². The van der Waals surface area contributed by atoms with Crippen molar-refractivity contribution in [1.82, 2.24) is 10.2 Å². The molecule has 118 valence electrons. The van der Waals surface area contributed by atoms with E-state index < -0.39 is 0 Å². The van der Waals surface area contributed by atoms with Crippen LogP contribution in [0.4, 0.5) is 0 Å². The molecular weight excluding hydrogens is 284 g/mol. The van der Waals surface area contributed by atoms with Gasteiger partial charge in [-0.2, -0.15) is 0 Å². The maximum Gasteiger partial charge on any atom is 0.241 e. The summed E-state index contributed by atoms with van der Waals surface area (Å²) in [7, 11) is 0. The van der Waals surface area contributed by atoms with Crippen LogP contribution in [-0.2, 0) is 9.53 Å². The molecular formula is C16H26N2O2S. The average Bonchev–Trinajstić information content (AvgIpc) is 3.00. The van der Waals surface area contributed by atoms with Crippen molar-refractivity contribution in [3.8, 4) is 0 Å². The monoisotopic (exact) mass is 310 g/mol. The molecule has 2 unspecified atom stereocenters. The minimum atomic E-state index is -0.0730. The molecule has 0 radical (unpaired) electrons. The van der Waals surface area contributed by atoms with Crippen molar-refractivity contribution in [2.45, 2.75) is 52.4 Å². The van der Waals surface area contributed by atoms with E-state index in [1.54, 1.807) is 11.3 Å². The number of amides is 1. The standard InChI is InChI=1S/C16H26N2O2S/c1-11(2)10-13-16(19)18(7-8-20-12(3)4)15(17-13)14-6-5-9-21-14/h5-6,9,11-13,15,17H,7-8,10H2,1-4H3. The predicted octanol–water partition coefficient (Wildman–Crippen LogP) is 3.02. The molecule has 21 heavy (non-hydrogen) atoms. The van der Waals surface area contributed by atoms with Gasteiger partial charge in [-0.3, -0.25) is 10.1 Å². The van der Waals surface area contributed by atoms with Crippen molar-refractivity contribution >= 4 is 17.2 Å². The van der Waals surface area contributed by atoms with Gasteiger partial charge in [0.1, 0.15) is 6.17 Å². The Bertz CT molecular complexity index is 445. The first-order valence-corrected chi connectivity index (χ1v) is 8.58. The summed E-state index contributed by atoms with van der Waals surface area (Å²) < 4.78 is 5.62. The lowest BCUT2D eigenvalue weighted by molar-refractivity contribution is -0.131. The van der Waals surface area contributed by atoms with Gasteiger partial charge in [0.25, 0.3) is 0 Å². The van der Waals surface area contributed by atoms with Gasteiger partial charge in [-0.1, -0.05) is 19.9 Å². The van der Waals surface area contributed by atoms with Crippen LogP contribution in [0.1, 0.15) is 45.2 Å². The van der Waals surface area contributed by atoms with Gasteiger partial charge in [0, 0.05) is 11.4 Å². The van der Waals surface area contributed by atoms with E-state index in [1.807, 2.05) is 24.8 Å². The van der Waals surface area contributed by atoms with Crippen molar-refractivity contribution in [3.63, 3.8) is 0 Å². The van der Waals surface area contributed by atoms with Crippen molar-refractivity contribution in [3.05, 3.63) is 22.4 Å². The minimum absolute atomic E-state index is 0.00277. The molecule has 2 heterocycles. The highest BCUT2D eigenvalue weighted by atomic mass is 32.1. The van der Waals surface area contributed by atoms with Crippen molar-refractivity contribution in [2.24, 2.45) is 5.92 Å². The zero-order valence-corrected chi connectivity index (χ0v) is 14.2. The summed E-state index contributed by atoms with van der Waals surface area (Å²) in [6, 6.07) is 4.05. The summed E-state index contributed by atoms with van der Waals surface area (Å²) in [5.41, 5.74) is 0. The normalized spacial score (nSPS) is 22.8. The lowest BCUT2D eigenvalue weighted by Gasteiger charge is -2.23. The van der Waals surface area contributed by atoms with E-state index in [0.29, 0.717) is 19.1 Å². The second-order valence-corrected chi connectivity index (χ2v) is 7.20. The van der Waals surface area contributed by atoms with Gasteiger partial charge in [0.05, 0.1) is 18.8 Å². The fourth-order valence-corrected chi connectivity index (χ4v) is 3.42.